The van der Waals surface area contributed by atoms with Crippen molar-refractivity contribution in [2.45, 2.75) is 25.8 Å². The number of nitrogen functional groups attached to an aromatic ring is 1. The predicted octanol–water partition coefficient (Wildman–Crippen LogP) is 2.60. The number of thiophene rings is 1. The highest BCUT2D eigenvalue weighted by molar-refractivity contribution is 7.16. The Kier molecular flexibility index (Phi) is 4.33. The minimum Gasteiger partial charge on any atom is -0.368 e. The fourth-order valence-corrected chi connectivity index (χ4v) is 2.62. The van der Waals surface area contributed by atoms with Gasteiger partial charge < -0.3 is 11.1 Å². The van der Waals surface area contributed by atoms with Crippen molar-refractivity contribution >= 4 is 34.8 Å². The van der Waals surface area contributed by atoms with Gasteiger partial charge in [-0.3, -0.25) is 0 Å². The van der Waals surface area contributed by atoms with Gasteiger partial charge in [-0.05, 0) is 31.9 Å². The second-order valence-corrected chi connectivity index (χ2v) is 5.76. The van der Waals surface area contributed by atoms with Crippen LogP contribution in [0.15, 0.2) is 18.5 Å². The number of aromatic nitrogens is 3. The van der Waals surface area contributed by atoms with Crippen molar-refractivity contribution in [1.82, 2.24) is 15.0 Å². The number of nitrogens with two attached hydrogens (primary N) is 1. The highest BCUT2D eigenvalue weighted by Crippen LogP contribution is 2.23. The van der Waals surface area contributed by atoms with Crippen LogP contribution in [-0.2, 0) is 6.42 Å². The van der Waals surface area contributed by atoms with Gasteiger partial charge in [0, 0.05) is 10.9 Å². The van der Waals surface area contributed by atoms with E-state index in [9.17, 15) is 0 Å². The molecular formula is C11H14ClN5S. The topological polar surface area (TPSA) is 76.7 Å². The lowest BCUT2D eigenvalue weighted by atomic mass is 10.1. The molecule has 0 aliphatic rings. The molecule has 0 saturated heterocycles. The van der Waals surface area contributed by atoms with Gasteiger partial charge in [0.2, 0.25) is 11.9 Å². The first-order valence-electron chi connectivity index (χ1n) is 5.59. The lowest BCUT2D eigenvalue weighted by Crippen LogP contribution is -2.18. The smallest absolute Gasteiger partial charge is 0.227 e. The Labute approximate surface area is 114 Å². The normalized spacial score (nSPS) is 12.3. The van der Waals surface area contributed by atoms with Crippen LogP contribution >= 0.6 is 22.9 Å². The average Bonchev–Trinajstić information content (AvgIpc) is 2.73. The van der Waals surface area contributed by atoms with Gasteiger partial charge in [-0.2, -0.15) is 4.98 Å². The number of hydrogen-bond acceptors (Lipinski definition) is 6. The van der Waals surface area contributed by atoms with Crippen LogP contribution in [0.5, 0.6) is 0 Å². The van der Waals surface area contributed by atoms with Crippen LogP contribution in [0, 0.1) is 0 Å². The largest absolute Gasteiger partial charge is 0.368 e. The van der Waals surface area contributed by atoms with E-state index in [2.05, 4.69) is 33.3 Å². The van der Waals surface area contributed by atoms with Crippen LogP contribution in [0.3, 0.4) is 0 Å². The van der Waals surface area contributed by atoms with Gasteiger partial charge in [-0.1, -0.05) is 11.6 Å². The Bertz CT molecular complexity index is 516. The first-order valence-corrected chi connectivity index (χ1v) is 6.78. The summed E-state index contributed by atoms with van der Waals surface area (Å²) in [6, 6.07) is 4.24. The first kappa shape index (κ1) is 13.0. The molecule has 1 atom stereocenters. The fourth-order valence-electron chi connectivity index (χ4n) is 1.52. The molecular weight excluding hydrogens is 270 g/mol. The molecule has 0 saturated carbocycles. The Morgan fingerprint density at radius 3 is 2.94 bits per heavy atom. The summed E-state index contributed by atoms with van der Waals surface area (Å²) in [4.78, 5) is 13.0. The molecule has 1 unspecified atom stereocenters. The zero-order valence-electron chi connectivity index (χ0n) is 9.93. The van der Waals surface area contributed by atoms with Gasteiger partial charge in [-0.15, -0.1) is 11.3 Å². The monoisotopic (exact) mass is 283 g/mol. The fraction of sp³-hybridized carbons (Fsp3) is 0.364. The molecule has 2 aromatic rings. The van der Waals surface area contributed by atoms with Crippen molar-refractivity contribution < 1.29 is 0 Å². The summed E-state index contributed by atoms with van der Waals surface area (Å²) in [5.41, 5.74) is 5.49. The zero-order valence-corrected chi connectivity index (χ0v) is 11.5. The van der Waals surface area contributed by atoms with Crippen molar-refractivity contribution in [3.05, 3.63) is 27.7 Å². The van der Waals surface area contributed by atoms with Crippen LogP contribution in [0.4, 0.5) is 11.9 Å². The van der Waals surface area contributed by atoms with Gasteiger partial charge in [0.05, 0.1) is 4.34 Å². The predicted molar refractivity (Wildman–Crippen MR) is 75.0 cm³/mol. The zero-order chi connectivity index (χ0) is 13.0. The standard InChI is InChI=1S/C11H14ClN5S/c1-7(2-3-8-4-5-9(12)18-8)16-11-15-6-14-10(13)17-11/h4-7H,2-3H2,1H3,(H3,13,14,15,16,17). The lowest BCUT2D eigenvalue weighted by Gasteiger charge is -2.12. The highest BCUT2D eigenvalue weighted by Gasteiger charge is 2.06. The van der Waals surface area contributed by atoms with Gasteiger partial charge in [0.15, 0.2) is 0 Å². The summed E-state index contributed by atoms with van der Waals surface area (Å²) in [5.74, 6) is 0.740. The van der Waals surface area contributed by atoms with E-state index in [0.717, 1.165) is 17.2 Å². The molecule has 0 spiro atoms. The van der Waals surface area contributed by atoms with Crippen molar-refractivity contribution in [3.8, 4) is 0 Å². The molecule has 0 radical (unpaired) electrons. The Balaban J connectivity index is 1.83. The number of anilines is 2. The summed E-state index contributed by atoms with van der Waals surface area (Å²) in [6.45, 7) is 2.08. The number of hydrogen-bond donors (Lipinski definition) is 2. The van der Waals surface area contributed by atoms with Crippen LogP contribution in [0.2, 0.25) is 4.34 Å². The van der Waals surface area contributed by atoms with Crippen LogP contribution < -0.4 is 11.1 Å². The lowest BCUT2D eigenvalue weighted by molar-refractivity contribution is 0.703. The van der Waals surface area contributed by atoms with Crippen molar-refractivity contribution in [2.24, 2.45) is 0 Å². The Morgan fingerprint density at radius 2 is 2.28 bits per heavy atom. The maximum Gasteiger partial charge on any atom is 0.227 e. The summed E-state index contributed by atoms with van der Waals surface area (Å²) in [5, 5.41) is 3.19. The van der Waals surface area contributed by atoms with Crippen molar-refractivity contribution in [1.29, 1.82) is 0 Å². The van der Waals surface area contributed by atoms with Crippen LogP contribution in [0.1, 0.15) is 18.2 Å². The molecule has 0 aliphatic carbocycles. The van der Waals surface area contributed by atoms with E-state index in [4.69, 9.17) is 17.3 Å². The third-order valence-corrected chi connectivity index (χ3v) is 3.71. The first-order chi connectivity index (χ1) is 8.63. The molecule has 18 heavy (non-hydrogen) atoms. The SMILES string of the molecule is CC(CCc1ccc(Cl)s1)Nc1ncnc(N)n1. The molecule has 0 bridgehead atoms. The minimum absolute atomic E-state index is 0.227. The van der Waals surface area contributed by atoms with Crippen molar-refractivity contribution in [2.75, 3.05) is 11.1 Å². The van der Waals surface area contributed by atoms with E-state index in [1.165, 1.54) is 11.2 Å². The molecule has 2 heterocycles. The van der Waals surface area contributed by atoms with E-state index in [0.29, 0.717) is 5.95 Å². The maximum atomic E-state index is 5.88. The van der Waals surface area contributed by atoms with E-state index in [1.54, 1.807) is 11.3 Å². The van der Waals surface area contributed by atoms with Gasteiger partial charge >= 0.3 is 0 Å². The molecule has 5 nitrogen and oxygen atoms in total. The molecule has 0 amide bonds. The van der Waals surface area contributed by atoms with E-state index >= 15 is 0 Å². The quantitative estimate of drug-likeness (QED) is 0.882. The summed E-state index contributed by atoms with van der Waals surface area (Å²) in [6.07, 6.45) is 3.35. The minimum atomic E-state index is 0.227. The van der Waals surface area contributed by atoms with E-state index in [-0.39, 0.29) is 12.0 Å². The third kappa shape index (κ3) is 3.82. The number of rotatable bonds is 5. The molecule has 2 aromatic heterocycles. The summed E-state index contributed by atoms with van der Waals surface area (Å²) in [7, 11) is 0. The van der Waals surface area contributed by atoms with Crippen molar-refractivity contribution in [3.63, 3.8) is 0 Å². The molecule has 0 fully saturated rings. The summed E-state index contributed by atoms with van der Waals surface area (Å²) < 4.78 is 0.829. The van der Waals surface area contributed by atoms with Crippen LogP contribution in [0.25, 0.3) is 0 Å². The Morgan fingerprint density at radius 1 is 1.44 bits per heavy atom. The Hall–Kier alpha value is -1.40. The average molecular weight is 284 g/mol. The second kappa shape index (κ2) is 5.97. The molecule has 3 N–H and O–H groups in total. The molecule has 0 aliphatic heterocycles. The maximum absolute atomic E-state index is 5.88. The number of aryl methyl sites for hydroxylation is 1. The van der Waals surface area contributed by atoms with Gasteiger partial charge in [0.1, 0.15) is 6.33 Å². The molecule has 2 rings (SSSR count). The number of halogens is 1. The van der Waals surface area contributed by atoms with E-state index in [1.807, 2.05) is 6.07 Å². The van der Waals surface area contributed by atoms with Gasteiger partial charge in [0.25, 0.3) is 0 Å². The third-order valence-electron chi connectivity index (χ3n) is 2.42. The van der Waals surface area contributed by atoms with Crippen LogP contribution in [-0.4, -0.2) is 21.0 Å². The van der Waals surface area contributed by atoms with E-state index < -0.39 is 0 Å². The number of nitrogens with one attached hydrogen (secondary N) is 1. The number of nitrogens with zero attached hydrogens (tertiary/aromatic N) is 3. The molecule has 96 valence electrons. The molecule has 7 heteroatoms. The van der Waals surface area contributed by atoms with Gasteiger partial charge in [-0.25, -0.2) is 9.97 Å². The highest BCUT2D eigenvalue weighted by atomic mass is 35.5. The second-order valence-electron chi connectivity index (χ2n) is 3.96. The summed E-state index contributed by atoms with van der Waals surface area (Å²) >= 11 is 7.50. The molecule has 0 aromatic carbocycles.